The van der Waals surface area contributed by atoms with Crippen molar-refractivity contribution in [3.8, 4) is 0 Å². The van der Waals surface area contributed by atoms with Crippen molar-refractivity contribution in [1.29, 1.82) is 0 Å². The van der Waals surface area contributed by atoms with Crippen LogP contribution in [0.25, 0.3) is 5.65 Å². The largest absolute Gasteiger partial charge is 0.396 e. The molecule has 2 heterocycles. The summed E-state index contributed by atoms with van der Waals surface area (Å²) in [5.41, 5.74) is 3.42. The Labute approximate surface area is 119 Å². The maximum atomic E-state index is 9.60. The molecule has 0 spiro atoms. The SMILES string of the molecule is Cc1ccc2ncc(CNC3CCCC3(C)CO)n2c1. The van der Waals surface area contributed by atoms with Crippen molar-refractivity contribution in [3.63, 3.8) is 0 Å². The number of nitrogens with one attached hydrogen (secondary N) is 1. The van der Waals surface area contributed by atoms with Gasteiger partial charge in [-0.1, -0.05) is 19.4 Å². The van der Waals surface area contributed by atoms with Gasteiger partial charge in [-0.3, -0.25) is 0 Å². The molecule has 2 atom stereocenters. The van der Waals surface area contributed by atoms with Crippen molar-refractivity contribution < 1.29 is 5.11 Å². The maximum Gasteiger partial charge on any atom is 0.136 e. The standard InChI is InChI=1S/C16H23N3O/c1-12-5-6-15-18-9-13(19(15)10-12)8-17-14-4-3-7-16(14,2)11-20/h5-6,9-10,14,17,20H,3-4,7-8,11H2,1-2H3. The molecule has 0 amide bonds. The molecule has 2 aromatic rings. The van der Waals surface area contributed by atoms with E-state index >= 15 is 0 Å². The van der Waals surface area contributed by atoms with E-state index in [-0.39, 0.29) is 12.0 Å². The van der Waals surface area contributed by atoms with Crippen LogP contribution in [0, 0.1) is 12.3 Å². The minimum Gasteiger partial charge on any atom is -0.396 e. The Hall–Kier alpha value is -1.39. The van der Waals surface area contributed by atoms with Gasteiger partial charge >= 0.3 is 0 Å². The summed E-state index contributed by atoms with van der Waals surface area (Å²) in [6, 6.07) is 4.52. The molecule has 2 aromatic heterocycles. The van der Waals surface area contributed by atoms with E-state index in [4.69, 9.17) is 0 Å². The van der Waals surface area contributed by atoms with E-state index in [1.54, 1.807) is 0 Å². The molecule has 108 valence electrons. The van der Waals surface area contributed by atoms with Crippen LogP contribution in [0.3, 0.4) is 0 Å². The van der Waals surface area contributed by atoms with Gasteiger partial charge < -0.3 is 14.8 Å². The summed E-state index contributed by atoms with van der Waals surface area (Å²) in [5, 5.41) is 13.2. The fourth-order valence-corrected chi connectivity index (χ4v) is 3.27. The van der Waals surface area contributed by atoms with Crippen LogP contribution in [0.15, 0.2) is 24.5 Å². The lowest BCUT2D eigenvalue weighted by molar-refractivity contribution is 0.118. The van der Waals surface area contributed by atoms with Crippen LogP contribution in [-0.4, -0.2) is 27.1 Å². The number of pyridine rings is 1. The van der Waals surface area contributed by atoms with Crippen molar-refractivity contribution in [2.75, 3.05) is 6.61 Å². The minimum atomic E-state index is 0.0242. The number of aryl methyl sites for hydroxylation is 1. The van der Waals surface area contributed by atoms with E-state index in [1.807, 2.05) is 12.3 Å². The second-order valence-electron chi connectivity index (χ2n) is 6.32. The van der Waals surface area contributed by atoms with E-state index in [0.717, 1.165) is 25.0 Å². The Bertz CT molecular complexity index is 607. The lowest BCUT2D eigenvalue weighted by Gasteiger charge is -2.30. The summed E-state index contributed by atoms with van der Waals surface area (Å²) in [4.78, 5) is 4.44. The van der Waals surface area contributed by atoms with E-state index in [0.29, 0.717) is 6.04 Å². The number of hydrogen-bond donors (Lipinski definition) is 2. The third kappa shape index (κ3) is 2.34. The monoisotopic (exact) mass is 273 g/mol. The van der Waals surface area contributed by atoms with Crippen LogP contribution in [0.4, 0.5) is 0 Å². The molecule has 1 fully saturated rings. The molecular formula is C16H23N3O. The number of imidazole rings is 1. The number of aliphatic hydroxyl groups excluding tert-OH is 1. The van der Waals surface area contributed by atoms with Crippen LogP contribution in [0.1, 0.15) is 37.4 Å². The number of aromatic nitrogens is 2. The van der Waals surface area contributed by atoms with Gasteiger partial charge in [0, 0.05) is 30.8 Å². The first kappa shape index (κ1) is 13.6. The molecule has 0 aliphatic heterocycles. The first-order valence-electron chi connectivity index (χ1n) is 7.39. The first-order chi connectivity index (χ1) is 9.62. The Balaban J connectivity index is 1.76. The van der Waals surface area contributed by atoms with Gasteiger partial charge in [-0.25, -0.2) is 4.98 Å². The number of rotatable bonds is 4. The van der Waals surface area contributed by atoms with E-state index < -0.39 is 0 Å². The molecule has 0 saturated heterocycles. The molecule has 1 saturated carbocycles. The zero-order valence-electron chi connectivity index (χ0n) is 12.3. The van der Waals surface area contributed by atoms with Crippen molar-refractivity contribution in [3.05, 3.63) is 35.8 Å². The van der Waals surface area contributed by atoms with Crippen LogP contribution < -0.4 is 5.32 Å². The summed E-state index contributed by atoms with van der Waals surface area (Å²) in [6.45, 7) is 5.33. The molecule has 4 heteroatoms. The molecular weight excluding hydrogens is 250 g/mol. The average Bonchev–Trinajstić information content (AvgIpc) is 3.01. The van der Waals surface area contributed by atoms with Crippen LogP contribution in [-0.2, 0) is 6.54 Å². The fraction of sp³-hybridized carbons (Fsp3) is 0.562. The number of nitrogens with zero attached hydrogens (tertiary/aromatic N) is 2. The quantitative estimate of drug-likeness (QED) is 0.898. The minimum absolute atomic E-state index is 0.0242. The molecule has 2 unspecified atom stereocenters. The Morgan fingerprint density at radius 2 is 2.35 bits per heavy atom. The molecule has 1 aliphatic rings. The Morgan fingerprint density at radius 1 is 1.50 bits per heavy atom. The van der Waals surface area contributed by atoms with Gasteiger partial charge in [0.1, 0.15) is 5.65 Å². The van der Waals surface area contributed by atoms with Gasteiger partial charge in [-0.05, 0) is 31.4 Å². The summed E-state index contributed by atoms with van der Waals surface area (Å²) in [7, 11) is 0. The lowest BCUT2D eigenvalue weighted by atomic mass is 9.86. The normalized spacial score (nSPS) is 26.4. The summed E-state index contributed by atoms with van der Waals surface area (Å²) in [6.07, 6.45) is 7.51. The molecule has 0 aromatic carbocycles. The summed E-state index contributed by atoms with van der Waals surface area (Å²) >= 11 is 0. The Kier molecular flexibility index (Phi) is 3.52. The van der Waals surface area contributed by atoms with Gasteiger partial charge in [0.2, 0.25) is 0 Å². The van der Waals surface area contributed by atoms with Crippen LogP contribution >= 0.6 is 0 Å². The number of hydrogen-bond acceptors (Lipinski definition) is 3. The van der Waals surface area contributed by atoms with Crippen molar-refractivity contribution in [1.82, 2.24) is 14.7 Å². The molecule has 3 rings (SSSR count). The second kappa shape index (κ2) is 5.19. The predicted octanol–water partition coefficient (Wildman–Crippen LogP) is 2.28. The fourth-order valence-electron chi connectivity index (χ4n) is 3.27. The highest BCUT2D eigenvalue weighted by Gasteiger charge is 2.37. The van der Waals surface area contributed by atoms with Crippen LogP contribution in [0.2, 0.25) is 0 Å². The average molecular weight is 273 g/mol. The third-order valence-corrected chi connectivity index (χ3v) is 4.70. The van der Waals surface area contributed by atoms with E-state index in [9.17, 15) is 5.11 Å². The van der Waals surface area contributed by atoms with Gasteiger partial charge in [-0.15, -0.1) is 0 Å². The topological polar surface area (TPSA) is 49.6 Å². The lowest BCUT2D eigenvalue weighted by Crippen LogP contribution is -2.41. The molecule has 20 heavy (non-hydrogen) atoms. The second-order valence-corrected chi connectivity index (χ2v) is 6.32. The van der Waals surface area contributed by atoms with Gasteiger partial charge in [0.25, 0.3) is 0 Å². The molecule has 2 N–H and O–H groups in total. The summed E-state index contributed by atoms with van der Waals surface area (Å²) < 4.78 is 2.15. The van der Waals surface area contributed by atoms with Gasteiger partial charge in [0.05, 0.1) is 11.9 Å². The van der Waals surface area contributed by atoms with Crippen molar-refractivity contribution in [2.45, 2.75) is 45.7 Å². The van der Waals surface area contributed by atoms with Crippen molar-refractivity contribution >= 4 is 5.65 Å². The third-order valence-electron chi connectivity index (χ3n) is 4.70. The highest BCUT2D eigenvalue weighted by molar-refractivity contribution is 5.41. The number of aliphatic hydroxyl groups is 1. The van der Waals surface area contributed by atoms with Gasteiger partial charge in [0.15, 0.2) is 0 Å². The van der Waals surface area contributed by atoms with Gasteiger partial charge in [-0.2, -0.15) is 0 Å². The Morgan fingerprint density at radius 3 is 3.15 bits per heavy atom. The van der Waals surface area contributed by atoms with Crippen LogP contribution in [0.5, 0.6) is 0 Å². The first-order valence-corrected chi connectivity index (χ1v) is 7.39. The van der Waals surface area contributed by atoms with E-state index in [2.05, 4.69) is 40.8 Å². The molecule has 0 bridgehead atoms. The van der Waals surface area contributed by atoms with Crippen molar-refractivity contribution in [2.24, 2.45) is 5.41 Å². The summed E-state index contributed by atoms with van der Waals surface area (Å²) in [5.74, 6) is 0. The molecule has 4 nitrogen and oxygen atoms in total. The zero-order valence-corrected chi connectivity index (χ0v) is 12.3. The zero-order chi connectivity index (χ0) is 14.2. The molecule has 1 aliphatic carbocycles. The highest BCUT2D eigenvalue weighted by Crippen LogP contribution is 2.37. The maximum absolute atomic E-state index is 9.60. The highest BCUT2D eigenvalue weighted by atomic mass is 16.3. The molecule has 0 radical (unpaired) electrons. The predicted molar refractivity (Wildman–Crippen MR) is 79.6 cm³/mol. The number of fused-ring (bicyclic) bond motifs is 1. The van der Waals surface area contributed by atoms with E-state index in [1.165, 1.54) is 17.7 Å². The smallest absolute Gasteiger partial charge is 0.136 e.